The number of hydrogen-bond donors (Lipinski definition) is 0. The van der Waals surface area contributed by atoms with Crippen LogP contribution in [0.3, 0.4) is 0 Å². The molecule has 3 aliphatic heterocycles. The molecule has 3 fully saturated rings. The van der Waals surface area contributed by atoms with Gasteiger partial charge in [-0.1, -0.05) is 18.2 Å². The van der Waals surface area contributed by atoms with Crippen LogP contribution in [0.2, 0.25) is 0 Å². The van der Waals surface area contributed by atoms with Gasteiger partial charge in [0.05, 0.1) is 25.3 Å². The van der Waals surface area contributed by atoms with Crippen LogP contribution in [-0.2, 0) is 16.6 Å². The van der Waals surface area contributed by atoms with Crippen LogP contribution in [0.1, 0.15) is 42.5 Å². The fourth-order valence-electron chi connectivity index (χ4n) is 5.15. The van der Waals surface area contributed by atoms with Crippen LogP contribution >= 0.6 is 0 Å². The SMILES string of the molecule is Cn1cc(C(=O)N2CC3(CC[C@@H](CN4CCCCC4=O)CO3)C2)c2ccccc21. The van der Waals surface area contributed by atoms with Crippen LogP contribution in [0, 0.1) is 5.92 Å². The third-order valence-corrected chi connectivity index (χ3v) is 6.91. The van der Waals surface area contributed by atoms with Crippen molar-refractivity contribution >= 4 is 22.7 Å². The Morgan fingerprint density at radius 2 is 2.07 bits per heavy atom. The number of carbonyl (C=O) groups is 2. The Morgan fingerprint density at radius 1 is 1.24 bits per heavy atom. The van der Waals surface area contributed by atoms with Gasteiger partial charge in [-0.05, 0) is 31.7 Å². The van der Waals surface area contributed by atoms with Crippen molar-refractivity contribution < 1.29 is 14.3 Å². The van der Waals surface area contributed by atoms with Crippen molar-refractivity contribution in [2.45, 2.75) is 37.7 Å². The Labute approximate surface area is 171 Å². The second kappa shape index (κ2) is 7.17. The quantitative estimate of drug-likeness (QED) is 0.803. The minimum atomic E-state index is -0.178. The Kier molecular flexibility index (Phi) is 4.62. The summed E-state index contributed by atoms with van der Waals surface area (Å²) in [5.41, 5.74) is 1.67. The summed E-state index contributed by atoms with van der Waals surface area (Å²) in [6.45, 7) is 3.76. The minimum absolute atomic E-state index is 0.0945. The van der Waals surface area contributed by atoms with E-state index in [-0.39, 0.29) is 11.5 Å². The zero-order valence-corrected chi connectivity index (χ0v) is 17.1. The molecule has 0 unspecified atom stereocenters. The van der Waals surface area contributed by atoms with Gasteiger partial charge in [0, 0.05) is 49.6 Å². The molecule has 0 N–H and O–H groups in total. The van der Waals surface area contributed by atoms with Crippen LogP contribution in [0.15, 0.2) is 30.5 Å². The van der Waals surface area contributed by atoms with Crippen molar-refractivity contribution in [1.82, 2.24) is 14.4 Å². The topological polar surface area (TPSA) is 54.8 Å². The molecule has 1 spiro atoms. The molecule has 1 aromatic carbocycles. The molecule has 6 heteroatoms. The molecular weight excluding hydrogens is 366 g/mol. The summed E-state index contributed by atoms with van der Waals surface area (Å²) in [5, 5.41) is 1.01. The van der Waals surface area contributed by atoms with Gasteiger partial charge in [0.2, 0.25) is 5.91 Å². The molecule has 0 radical (unpaired) electrons. The normalized spacial score (nSPS) is 24.2. The first-order valence-electron chi connectivity index (χ1n) is 10.8. The number of para-hydroxylation sites is 1. The second-order valence-electron chi connectivity index (χ2n) is 9.03. The third kappa shape index (κ3) is 3.33. The molecule has 0 bridgehead atoms. The maximum absolute atomic E-state index is 13.1. The predicted octanol–water partition coefficient (Wildman–Crippen LogP) is 2.81. The van der Waals surface area contributed by atoms with E-state index in [4.69, 9.17) is 4.74 Å². The van der Waals surface area contributed by atoms with Gasteiger partial charge in [0.15, 0.2) is 0 Å². The van der Waals surface area contributed by atoms with E-state index >= 15 is 0 Å². The molecule has 3 aliphatic rings. The number of amides is 2. The van der Waals surface area contributed by atoms with Gasteiger partial charge in [0.25, 0.3) is 5.91 Å². The predicted molar refractivity (Wildman–Crippen MR) is 111 cm³/mol. The summed E-state index contributed by atoms with van der Waals surface area (Å²) >= 11 is 0. The summed E-state index contributed by atoms with van der Waals surface area (Å²) in [4.78, 5) is 29.0. The van der Waals surface area contributed by atoms with Gasteiger partial charge in [-0.25, -0.2) is 0 Å². The fraction of sp³-hybridized carbons (Fsp3) is 0.565. The Balaban J connectivity index is 1.18. The Bertz CT molecular complexity index is 934. The van der Waals surface area contributed by atoms with Crippen LogP contribution < -0.4 is 0 Å². The number of carbonyl (C=O) groups excluding carboxylic acids is 2. The van der Waals surface area contributed by atoms with E-state index in [1.54, 1.807) is 0 Å². The molecule has 1 atom stereocenters. The lowest BCUT2D eigenvalue weighted by Gasteiger charge is -2.53. The van der Waals surface area contributed by atoms with E-state index in [0.717, 1.165) is 55.2 Å². The monoisotopic (exact) mass is 395 g/mol. The van der Waals surface area contributed by atoms with Crippen LogP contribution in [0.5, 0.6) is 0 Å². The van der Waals surface area contributed by atoms with Crippen molar-refractivity contribution in [2.24, 2.45) is 13.0 Å². The van der Waals surface area contributed by atoms with Crippen LogP contribution in [-0.4, -0.2) is 64.6 Å². The number of hydrogen-bond acceptors (Lipinski definition) is 3. The van der Waals surface area contributed by atoms with Gasteiger partial charge in [-0.15, -0.1) is 0 Å². The standard InChI is InChI=1S/C23H29N3O3/c1-24-13-19(18-6-2-3-7-20(18)24)22(28)26-15-23(16-26)10-9-17(14-29-23)12-25-11-5-4-8-21(25)27/h2-3,6-7,13,17H,4-5,8-12,14-16H2,1H3/t17-/m0/s1. The van der Waals surface area contributed by atoms with Gasteiger partial charge in [-0.3, -0.25) is 9.59 Å². The second-order valence-corrected chi connectivity index (χ2v) is 9.03. The van der Waals surface area contributed by atoms with Crippen molar-refractivity contribution in [3.05, 3.63) is 36.0 Å². The summed E-state index contributed by atoms with van der Waals surface area (Å²) in [5.74, 6) is 0.814. The maximum atomic E-state index is 13.1. The molecule has 2 amide bonds. The summed E-state index contributed by atoms with van der Waals surface area (Å²) in [6, 6.07) is 8.04. The zero-order valence-electron chi connectivity index (χ0n) is 17.1. The average Bonchev–Trinajstić information content (AvgIpc) is 3.05. The van der Waals surface area contributed by atoms with E-state index < -0.39 is 0 Å². The lowest BCUT2D eigenvalue weighted by Crippen LogP contribution is -2.66. The molecular formula is C23H29N3O3. The highest BCUT2D eigenvalue weighted by molar-refractivity contribution is 6.07. The highest BCUT2D eigenvalue weighted by atomic mass is 16.5. The van der Waals surface area contributed by atoms with E-state index in [9.17, 15) is 9.59 Å². The number of aryl methyl sites for hydroxylation is 1. The molecule has 1 aromatic heterocycles. The summed E-state index contributed by atoms with van der Waals surface area (Å²) < 4.78 is 8.28. The van der Waals surface area contributed by atoms with Crippen molar-refractivity contribution in [3.8, 4) is 0 Å². The Morgan fingerprint density at radius 3 is 2.83 bits per heavy atom. The number of ether oxygens (including phenoxy) is 1. The first-order valence-corrected chi connectivity index (χ1v) is 10.8. The van der Waals surface area contributed by atoms with E-state index in [0.29, 0.717) is 37.9 Å². The first kappa shape index (κ1) is 18.7. The minimum Gasteiger partial charge on any atom is -0.371 e. The molecule has 29 heavy (non-hydrogen) atoms. The van der Waals surface area contributed by atoms with Gasteiger partial charge < -0.3 is 19.1 Å². The van der Waals surface area contributed by atoms with Crippen LogP contribution in [0.4, 0.5) is 0 Å². The fourth-order valence-corrected chi connectivity index (χ4v) is 5.15. The molecule has 6 nitrogen and oxygen atoms in total. The third-order valence-electron chi connectivity index (χ3n) is 6.91. The number of piperidine rings is 1. The molecule has 0 aliphatic carbocycles. The Hall–Kier alpha value is -2.34. The summed E-state index contributed by atoms with van der Waals surface area (Å²) in [7, 11) is 1.98. The number of benzene rings is 1. The number of nitrogens with zero attached hydrogens (tertiary/aromatic N) is 3. The average molecular weight is 396 g/mol. The van der Waals surface area contributed by atoms with E-state index in [2.05, 4.69) is 0 Å². The molecule has 2 aromatic rings. The molecule has 0 saturated carbocycles. The van der Waals surface area contributed by atoms with Gasteiger partial charge >= 0.3 is 0 Å². The zero-order chi connectivity index (χ0) is 20.0. The van der Waals surface area contributed by atoms with Gasteiger partial charge in [-0.2, -0.15) is 0 Å². The summed E-state index contributed by atoms with van der Waals surface area (Å²) in [6.07, 6.45) is 6.82. The lowest BCUT2D eigenvalue weighted by atomic mass is 9.82. The van der Waals surface area contributed by atoms with Crippen molar-refractivity contribution in [2.75, 3.05) is 32.8 Å². The van der Waals surface area contributed by atoms with Gasteiger partial charge in [0.1, 0.15) is 5.60 Å². The van der Waals surface area contributed by atoms with Crippen molar-refractivity contribution in [1.29, 1.82) is 0 Å². The maximum Gasteiger partial charge on any atom is 0.256 e. The number of rotatable bonds is 3. The van der Waals surface area contributed by atoms with Crippen LogP contribution in [0.25, 0.3) is 10.9 Å². The largest absolute Gasteiger partial charge is 0.371 e. The smallest absolute Gasteiger partial charge is 0.256 e. The van der Waals surface area contributed by atoms with Crippen molar-refractivity contribution in [3.63, 3.8) is 0 Å². The number of fused-ring (bicyclic) bond motifs is 1. The number of likely N-dealkylation sites (tertiary alicyclic amines) is 2. The van der Waals surface area contributed by atoms with E-state index in [1.165, 1.54) is 0 Å². The molecule has 3 saturated heterocycles. The molecule has 4 heterocycles. The number of aromatic nitrogens is 1. The highest BCUT2D eigenvalue weighted by Crippen LogP contribution is 2.37. The molecule has 5 rings (SSSR count). The van der Waals surface area contributed by atoms with E-state index in [1.807, 2.05) is 51.9 Å². The molecule has 154 valence electrons. The highest BCUT2D eigenvalue weighted by Gasteiger charge is 2.49. The lowest BCUT2D eigenvalue weighted by molar-refractivity contribution is -0.170. The first-order chi connectivity index (χ1) is 14.0.